The summed E-state index contributed by atoms with van der Waals surface area (Å²) in [5.41, 5.74) is 1.35. The molecule has 0 amide bonds. The van der Waals surface area contributed by atoms with Crippen LogP contribution in [0.1, 0.15) is 45.1 Å². The third kappa shape index (κ3) is 6.32. The van der Waals surface area contributed by atoms with Gasteiger partial charge in [-0.3, -0.25) is 0 Å². The second-order valence-corrected chi connectivity index (χ2v) is 4.68. The van der Waals surface area contributed by atoms with Gasteiger partial charge in [0.05, 0.1) is 12.7 Å². The summed E-state index contributed by atoms with van der Waals surface area (Å²) in [6, 6.07) is 8.33. The summed E-state index contributed by atoms with van der Waals surface area (Å²) in [6.07, 6.45) is 5.55. The molecule has 0 unspecified atom stereocenters. The van der Waals surface area contributed by atoms with Crippen LogP contribution in [0.25, 0.3) is 0 Å². The molecular weight excluding hydrogens is 212 g/mol. The van der Waals surface area contributed by atoms with Crippen LogP contribution in [0.3, 0.4) is 0 Å². The van der Waals surface area contributed by atoms with Crippen LogP contribution in [-0.2, 0) is 11.5 Å². The predicted molar refractivity (Wildman–Crippen MR) is 69.9 cm³/mol. The smallest absolute Gasteiger partial charge is 0.119 e. The maximum absolute atomic E-state index is 10.3. The maximum atomic E-state index is 10.3. The molecule has 2 heteroatoms. The zero-order chi connectivity index (χ0) is 12.5. The first-order valence-electron chi connectivity index (χ1n) is 6.56. The van der Waals surface area contributed by atoms with Crippen LogP contribution in [0, 0.1) is 0 Å². The van der Waals surface area contributed by atoms with Crippen molar-refractivity contribution in [2.75, 3.05) is 6.61 Å². The fourth-order valence-corrected chi connectivity index (χ4v) is 1.79. The van der Waals surface area contributed by atoms with Crippen molar-refractivity contribution in [1.82, 2.24) is 0 Å². The third-order valence-electron chi connectivity index (χ3n) is 2.65. The Balaban J connectivity index is 2.25. The van der Waals surface area contributed by atoms with Crippen LogP contribution in [0.2, 0.25) is 0 Å². The number of aryl methyl sites for hydroxylation is 1. The van der Waals surface area contributed by atoms with Crippen molar-refractivity contribution in [2.45, 2.75) is 52.1 Å². The quantitative estimate of drug-likeness (QED) is 0.626. The molecule has 0 N–H and O–H groups in total. The van der Waals surface area contributed by atoms with Crippen LogP contribution in [0.15, 0.2) is 24.3 Å². The highest BCUT2D eigenvalue weighted by Gasteiger charge is 1.98. The van der Waals surface area contributed by atoms with Gasteiger partial charge in [-0.2, -0.15) is 0 Å². The van der Waals surface area contributed by atoms with E-state index in [1.807, 2.05) is 26.0 Å². The standard InChI is InChI=1S/C15H23O2/c1-13(2)17-15-10-8-14(9-11-15)7-5-3-4-6-12-16/h8-11,13H,3-7,12H2,1-2H3. The first kappa shape index (κ1) is 14.0. The van der Waals surface area contributed by atoms with E-state index in [9.17, 15) is 5.11 Å². The van der Waals surface area contributed by atoms with Crippen LogP contribution >= 0.6 is 0 Å². The largest absolute Gasteiger partial charge is 0.491 e. The first-order valence-corrected chi connectivity index (χ1v) is 6.56. The summed E-state index contributed by atoms with van der Waals surface area (Å²) in [6.45, 7) is 4.13. The molecule has 0 aliphatic rings. The minimum Gasteiger partial charge on any atom is -0.491 e. The Hall–Kier alpha value is -1.02. The Morgan fingerprint density at radius 3 is 2.24 bits per heavy atom. The average molecular weight is 235 g/mol. The summed E-state index contributed by atoms with van der Waals surface area (Å²) in [5.74, 6) is 0.940. The van der Waals surface area contributed by atoms with Crippen LogP contribution in [-0.4, -0.2) is 12.7 Å². The lowest BCUT2D eigenvalue weighted by molar-refractivity contribution is 0.186. The van der Waals surface area contributed by atoms with Crippen molar-refractivity contribution in [1.29, 1.82) is 0 Å². The number of hydrogen-bond acceptors (Lipinski definition) is 1. The molecular formula is C15H23O2. The molecule has 0 aliphatic carbocycles. The molecule has 0 saturated heterocycles. The normalized spacial score (nSPS) is 10.8. The Labute approximate surface area is 105 Å². The molecule has 0 aliphatic heterocycles. The summed E-state index contributed by atoms with van der Waals surface area (Å²) in [7, 11) is 0. The summed E-state index contributed by atoms with van der Waals surface area (Å²) in [5, 5.41) is 10.3. The van der Waals surface area contributed by atoms with E-state index < -0.39 is 0 Å². The molecule has 0 heterocycles. The minimum absolute atomic E-state index is 0.0707. The molecule has 0 saturated carbocycles. The lowest BCUT2D eigenvalue weighted by Gasteiger charge is -2.10. The Morgan fingerprint density at radius 2 is 1.65 bits per heavy atom. The molecule has 1 aromatic rings. The van der Waals surface area contributed by atoms with Gasteiger partial charge in [0, 0.05) is 0 Å². The zero-order valence-corrected chi connectivity index (χ0v) is 10.9. The van der Waals surface area contributed by atoms with Crippen molar-refractivity contribution in [3.63, 3.8) is 0 Å². The van der Waals surface area contributed by atoms with Gasteiger partial charge >= 0.3 is 0 Å². The topological polar surface area (TPSA) is 29.1 Å². The van der Waals surface area contributed by atoms with E-state index in [1.165, 1.54) is 12.0 Å². The van der Waals surface area contributed by atoms with Crippen molar-refractivity contribution in [3.8, 4) is 5.75 Å². The molecule has 0 bridgehead atoms. The molecule has 17 heavy (non-hydrogen) atoms. The van der Waals surface area contributed by atoms with E-state index in [1.54, 1.807) is 0 Å². The van der Waals surface area contributed by atoms with Crippen molar-refractivity contribution >= 4 is 0 Å². The average Bonchev–Trinajstić information content (AvgIpc) is 2.30. The summed E-state index contributed by atoms with van der Waals surface area (Å²) < 4.78 is 5.59. The van der Waals surface area contributed by atoms with Crippen LogP contribution in [0.4, 0.5) is 0 Å². The van der Waals surface area contributed by atoms with Crippen molar-refractivity contribution in [2.24, 2.45) is 0 Å². The van der Waals surface area contributed by atoms with Gasteiger partial charge in [0.2, 0.25) is 0 Å². The van der Waals surface area contributed by atoms with E-state index >= 15 is 0 Å². The van der Waals surface area contributed by atoms with Gasteiger partial charge in [0.15, 0.2) is 0 Å². The zero-order valence-electron chi connectivity index (χ0n) is 10.9. The minimum atomic E-state index is 0.0707. The number of unbranched alkanes of at least 4 members (excludes halogenated alkanes) is 3. The lowest BCUT2D eigenvalue weighted by Crippen LogP contribution is -2.05. The number of ether oxygens (including phenoxy) is 1. The molecule has 1 radical (unpaired) electrons. The molecule has 2 nitrogen and oxygen atoms in total. The predicted octanol–water partition coefficient (Wildman–Crippen LogP) is 4.01. The van der Waals surface area contributed by atoms with Crippen molar-refractivity contribution < 1.29 is 9.84 Å². The second kappa shape index (κ2) is 8.13. The molecule has 1 aromatic carbocycles. The molecule has 0 fully saturated rings. The summed E-state index contributed by atoms with van der Waals surface area (Å²) >= 11 is 0. The number of hydrogen-bond donors (Lipinski definition) is 0. The Kier molecular flexibility index (Phi) is 6.71. The van der Waals surface area contributed by atoms with E-state index in [2.05, 4.69) is 12.1 Å². The van der Waals surface area contributed by atoms with E-state index in [-0.39, 0.29) is 12.7 Å². The number of rotatable bonds is 8. The van der Waals surface area contributed by atoms with E-state index in [0.29, 0.717) is 0 Å². The highest BCUT2D eigenvalue weighted by atomic mass is 16.5. The molecule has 95 valence electrons. The van der Waals surface area contributed by atoms with Gasteiger partial charge in [-0.05, 0) is 50.8 Å². The Morgan fingerprint density at radius 1 is 1.00 bits per heavy atom. The molecule has 0 spiro atoms. The van der Waals surface area contributed by atoms with Gasteiger partial charge in [0.1, 0.15) is 5.75 Å². The monoisotopic (exact) mass is 235 g/mol. The van der Waals surface area contributed by atoms with Crippen molar-refractivity contribution in [3.05, 3.63) is 29.8 Å². The van der Waals surface area contributed by atoms with Gasteiger partial charge < -0.3 is 4.74 Å². The lowest BCUT2D eigenvalue weighted by atomic mass is 10.1. The third-order valence-corrected chi connectivity index (χ3v) is 2.65. The van der Waals surface area contributed by atoms with Gasteiger partial charge in [-0.15, -0.1) is 0 Å². The van der Waals surface area contributed by atoms with E-state index in [4.69, 9.17) is 4.74 Å². The highest BCUT2D eigenvalue weighted by molar-refractivity contribution is 5.27. The Bertz CT molecular complexity index is 290. The summed E-state index contributed by atoms with van der Waals surface area (Å²) in [4.78, 5) is 0. The molecule has 0 aromatic heterocycles. The molecule has 0 atom stereocenters. The van der Waals surface area contributed by atoms with Gasteiger partial charge in [-0.1, -0.05) is 25.0 Å². The SMILES string of the molecule is CC(C)Oc1ccc(CCCCCC[O])cc1. The fraction of sp³-hybridized carbons (Fsp3) is 0.600. The van der Waals surface area contributed by atoms with Gasteiger partial charge in [0.25, 0.3) is 0 Å². The molecule has 1 rings (SSSR count). The van der Waals surface area contributed by atoms with Crippen LogP contribution < -0.4 is 4.74 Å². The van der Waals surface area contributed by atoms with Crippen LogP contribution in [0.5, 0.6) is 5.75 Å². The maximum Gasteiger partial charge on any atom is 0.119 e. The first-order chi connectivity index (χ1) is 8.22. The highest BCUT2D eigenvalue weighted by Crippen LogP contribution is 2.15. The number of benzene rings is 1. The second-order valence-electron chi connectivity index (χ2n) is 4.68. The fourth-order valence-electron chi connectivity index (χ4n) is 1.79. The van der Waals surface area contributed by atoms with Gasteiger partial charge in [-0.25, -0.2) is 5.11 Å². The van der Waals surface area contributed by atoms with E-state index in [0.717, 1.165) is 31.4 Å².